The van der Waals surface area contributed by atoms with E-state index in [2.05, 4.69) is 94.2 Å². The Labute approximate surface area is 199 Å². The number of thiophene rings is 2. The van der Waals surface area contributed by atoms with E-state index in [4.69, 9.17) is 0 Å². The molecule has 0 saturated heterocycles. The lowest BCUT2D eigenvalue weighted by atomic mass is 9.90. The Hall–Kier alpha value is -2.24. The highest BCUT2D eigenvalue weighted by Crippen LogP contribution is 2.28. The van der Waals surface area contributed by atoms with Gasteiger partial charge in [0.15, 0.2) is 0 Å². The van der Waals surface area contributed by atoms with Crippen LogP contribution in [0.5, 0.6) is 0 Å². The molecule has 2 nitrogen and oxygen atoms in total. The SMILES string of the molecule is c1ccc(-c2csc(CN[C@@H]3CCCC[C@H]3NCc3cc(-c4ccccc4)cs3)c2)cc1. The third-order valence-corrected chi connectivity index (χ3v) is 8.24. The summed E-state index contributed by atoms with van der Waals surface area (Å²) in [6.45, 7) is 1.91. The van der Waals surface area contributed by atoms with Crippen LogP contribution in [0.3, 0.4) is 0 Å². The van der Waals surface area contributed by atoms with Gasteiger partial charge in [0.25, 0.3) is 0 Å². The average molecular weight is 459 g/mol. The van der Waals surface area contributed by atoms with E-state index in [1.165, 1.54) is 57.7 Å². The molecule has 2 heterocycles. The maximum Gasteiger partial charge on any atom is 0.0303 e. The van der Waals surface area contributed by atoms with Crippen molar-refractivity contribution in [1.82, 2.24) is 10.6 Å². The summed E-state index contributed by atoms with van der Waals surface area (Å²) in [6, 6.07) is 27.1. The molecular weight excluding hydrogens is 428 g/mol. The van der Waals surface area contributed by atoms with E-state index in [0.29, 0.717) is 12.1 Å². The minimum Gasteiger partial charge on any atom is -0.308 e. The molecule has 0 aliphatic heterocycles. The van der Waals surface area contributed by atoms with E-state index in [1.54, 1.807) is 0 Å². The maximum absolute atomic E-state index is 3.87. The summed E-state index contributed by atoms with van der Waals surface area (Å²) in [7, 11) is 0. The van der Waals surface area contributed by atoms with Crippen LogP contribution in [0.25, 0.3) is 22.3 Å². The number of nitrogens with one attached hydrogen (secondary N) is 2. The van der Waals surface area contributed by atoms with Crippen molar-refractivity contribution in [2.24, 2.45) is 0 Å². The van der Waals surface area contributed by atoms with Crippen LogP contribution >= 0.6 is 22.7 Å². The highest BCUT2D eigenvalue weighted by atomic mass is 32.1. The summed E-state index contributed by atoms with van der Waals surface area (Å²) in [5.74, 6) is 0. The highest BCUT2D eigenvalue weighted by Gasteiger charge is 2.24. The fraction of sp³-hybridized carbons (Fsp3) is 0.286. The van der Waals surface area contributed by atoms with Crippen LogP contribution in [0.1, 0.15) is 35.4 Å². The van der Waals surface area contributed by atoms with Crippen molar-refractivity contribution in [3.8, 4) is 22.3 Å². The normalized spacial score (nSPS) is 18.6. The van der Waals surface area contributed by atoms with E-state index in [0.717, 1.165) is 13.1 Å². The first-order chi connectivity index (χ1) is 15.8. The van der Waals surface area contributed by atoms with Crippen LogP contribution in [-0.4, -0.2) is 12.1 Å². The van der Waals surface area contributed by atoms with Crippen molar-refractivity contribution in [3.05, 3.63) is 93.3 Å². The summed E-state index contributed by atoms with van der Waals surface area (Å²) in [4.78, 5) is 2.83. The Morgan fingerprint density at radius 3 is 1.47 bits per heavy atom. The van der Waals surface area contributed by atoms with Crippen LogP contribution in [0, 0.1) is 0 Å². The lowest BCUT2D eigenvalue weighted by molar-refractivity contribution is 0.282. The van der Waals surface area contributed by atoms with Gasteiger partial charge in [-0.15, -0.1) is 22.7 Å². The molecule has 0 unspecified atom stereocenters. The second-order valence-electron chi connectivity index (χ2n) is 8.59. The smallest absolute Gasteiger partial charge is 0.0303 e. The van der Waals surface area contributed by atoms with Crippen molar-refractivity contribution in [3.63, 3.8) is 0 Å². The van der Waals surface area contributed by atoms with Crippen molar-refractivity contribution in [2.45, 2.75) is 50.9 Å². The van der Waals surface area contributed by atoms with Crippen molar-refractivity contribution < 1.29 is 0 Å². The number of benzene rings is 2. The highest BCUT2D eigenvalue weighted by molar-refractivity contribution is 7.10. The van der Waals surface area contributed by atoms with Crippen molar-refractivity contribution in [2.75, 3.05) is 0 Å². The third kappa shape index (κ3) is 5.38. The Bertz CT molecular complexity index is 1010. The van der Waals surface area contributed by atoms with Gasteiger partial charge in [0.05, 0.1) is 0 Å². The molecule has 2 aromatic heterocycles. The van der Waals surface area contributed by atoms with E-state index < -0.39 is 0 Å². The van der Waals surface area contributed by atoms with Gasteiger partial charge in [0, 0.05) is 34.9 Å². The zero-order chi connectivity index (χ0) is 21.6. The van der Waals surface area contributed by atoms with Crippen LogP contribution in [-0.2, 0) is 13.1 Å². The molecule has 1 aliphatic rings. The Morgan fingerprint density at radius 2 is 1.03 bits per heavy atom. The van der Waals surface area contributed by atoms with Crippen LogP contribution in [0.4, 0.5) is 0 Å². The van der Waals surface area contributed by atoms with Crippen molar-refractivity contribution >= 4 is 22.7 Å². The van der Waals surface area contributed by atoms with Crippen molar-refractivity contribution in [1.29, 1.82) is 0 Å². The van der Waals surface area contributed by atoms with Crippen LogP contribution in [0.2, 0.25) is 0 Å². The van der Waals surface area contributed by atoms with E-state index in [9.17, 15) is 0 Å². The molecule has 4 heteroatoms. The molecule has 164 valence electrons. The monoisotopic (exact) mass is 458 g/mol. The predicted molar refractivity (Wildman–Crippen MR) is 139 cm³/mol. The second-order valence-corrected chi connectivity index (χ2v) is 10.6. The molecule has 2 aromatic carbocycles. The molecule has 5 rings (SSSR count). The molecule has 2 N–H and O–H groups in total. The first-order valence-electron chi connectivity index (χ1n) is 11.6. The molecule has 0 spiro atoms. The number of hydrogen-bond donors (Lipinski definition) is 2. The van der Waals surface area contributed by atoms with Gasteiger partial charge in [-0.1, -0.05) is 73.5 Å². The standard InChI is InChI=1S/C28H30N2S2/c1-3-9-21(10-4-1)23-15-25(31-19-23)17-29-27-13-7-8-14-28(27)30-18-26-16-24(20-32-26)22-11-5-2-6-12-22/h1-6,9-12,15-16,19-20,27-30H,7-8,13-14,17-18H2/t27-,28-/m1/s1. The van der Waals surface area contributed by atoms with Gasteiger partial charge in [-0.3, -0.25) is 0 Å². The molecule has 0 radical (unpaired) electrons. The minimum atomic E-state index is 0.541. The molecule has 2 atom stereocenters. The molecule has 4 aromatic rings. The molecular formula is C28H30N2S2. The van der Waals surface area contributed by atoms with E-state index in [1.807, 2.05) is 22.7 Å². The van der Waals surface area contributed by atoms with Gasteiger partial charge in [-0.25, -0.2) is 0 Å². The fourth-order valence-electron chi connectivity index (χ4n) is 4.59. The topological polar surface area (TPSA) is 24.1 Å². The molecule has 1 fully saturated rings. The fourth-order valence-corrected chi connectivity index (χ4v) is 6.28. The summed E-state index contributed by atoms with van der Waals surface area (Å²) in [5.41, 5.74) is 5.27. The van der Waals surface area contributed by atoms with Gasteiger partial charge >= 0.3 is 0 Å². The minimum absolute atomic E-state index is 0.541. The molecule has 0 bridgehead atoms. The third-order valence-electron chi connectivity index (χ3n) is 6.36. The summed E-state index contributed by atoms with van der Waals surface area (Å²) in [5, 5.41) is 12.3. The lowest BCUT2D eigenvalue weighted by Crippen LogP contribution is -2.49. The van der Waals surface area contributed by atoms with Gasteiger partial charge < -0.3 is 10.6 Å². The molecule has 1 aliphatic carbocycles. The van der Waals surface area contributed by atoms with Crippen LogP contribution < -0.4 is 10.6 Å². The van der Waals surface area contributed by atoms with Gasteiger partial charge in [0.2, 0.25) is 0 Å². The maximum atomic E-state index is 3.87. The molecule has 0 amide bonds. The summed E-state index contributed by atoms with van der Waals surface area (Å²) >= 11 is 3.73. The predicted octanol–water partition coefficient (Wildman–Crippen LogP) is 7.33. The first-order valence-corrected chi connectivity index (χ1v) is 13.3. The average Bonchev–Trinajstić information content (AvgIpc) is 3.53. The molecule has 32 heavy (non-hydrogen) atoms. The number of hydrogen-bond acceptors (Lipinski definition) is 4. The second kappa shape index (κ2) is 10.6. The summed E-state index contributed by atoms with van der Waals surface area (Å²) in [6.07, 6.45) is 5.17. The Kier molecular flexibility index (Phi) is 7.14. The Morgan fingerprint density at radius 1 is 0.594 bits per heavy atom. The van der Waals surface area contributed by atoms with Gasteiger partial charge in [0.1, 0.15) is 0 Å². The zero-order valence-corrected chi connectivity index (χ0v) is 19.9. The largest absolute Gasteiger partial charge is 0.308 e. The first kappa shape index (κ1) is 21.6. The zero-order valence-electron chi connectivity index (χ0n) is 18.3. The summed E-state index contributed by atoms with van der Waals surface area (Å²) < 4.78 is 0. The van der Waals surface area contributed by atoms with Gasteiger partial charge in [-0.2, -0.15) is 0 Å². The number of rotatable bonds is 8. The van der Waals surface area contributed by atoms with Crippen LogP contribution in [0.15, 0.2) is 83.6 Å². The Balaban J connectivity index is 1.16. The van der Waals surface area contributed by atoms with Gasteiger partial charge in [-0.05, 0) is 58.0 Å². The lowest BCUT2D eigenvalue weighted by Gasteiger charge is -2.33. The quantitative estimate of drug-likeness (QED) is 0.289. The van der Waals surface area contributed by atoms with E-state index >= 15 is 0 Å². The van der Waals surface area contributed by atoms with E-state index in [-0.39, 0.29) is 0 Å². The molecule has 1 saturated carbocycles.